The number of rotatable bonds is 7. The molecule has 3 heteroatoms. The smallest absolute Gasteiger partial charge is 0.127 e. The Morgan fingerprint density at radius 2 is 1.91 bits per heavy atom. The number of nitrogens with zero attached hydrogens (tertiary/aromatic N) is 1. The van der Waals surface area contributed by atoms with Gasteiger partial charge in [0.05, 0.1) is 6.61 Å². The molecule has 0 spiro atoms. The number of benzene rings is 1. The van der Waals surface area contributed by atoms with E-state index in [9.17, 15) is 0 Å². The predicted octanol–water partition coefficient (Wildman–Crippen LogP) is 3.94. The van der Waals surface area contributed by atoms with Crippen molar-refractivity contribution in [3.05, 3.63) is 29.3 Å². The second kappa shape index (κ2) is 7.98. The van der Waals surface area contributed by atoms with Crippen molar-refractivity contribution >= 4 is 0 Å². The zero-order valence-corrected chi connectivity index (χ0v) is 14.6. The number of para-hydroxylation sites is 1. The van der Waals surface area contributed by atoms with Gasteiger partial charge >= 0.3 is 0 Å². The zero-order chi connectivity index (χ0) is 16.1. The van der Waals surface area contributed by atoms with Crippen LogP contribution in [0.2, 0.25) is 0 Å². The zero-order valence-electron chi connectivity index (χ0n) is 14.6. The molecule has 2 rings (SSSR count). The normalized spacial score (nSPS) is 21.0. The van der Waals surface area contributed by atoms with Gasteiger partial charge in [-0.2, -0.15) is 0 Å². The summed E-state index contributed by atoms with van der Waals surface area (Å²) in [6, 6.07) is 6.51. The Hall–Kier alpha value is -1.06. The largest absolute Gasteiger partial charge is 0.493 e. The third-order valence-electron chi connectivity index (χ3n) is 4.58. The molecule has 1 aliphatic heterocycles. The maximum Gasteiger partial charge on any atom is 0.127 e. The second-order valence-electron chi connectivity index (χ2n) is 6.82. The second-order valence-corrected chi connectivity index (χ2v) is 6.82. The minimum Gasteiger partial charge on any atom is -0.493 e. The van der Waals surface area contributed by atoms with Crippen LogP contribution in [0.1, 0.15) is 63.6 Å². The molecular formula is C19H32N2O. The average molecular weight is 304 g/mol. The standard InChI is InChI=1S/C19H32N2O/c1-5-10-21(11-6-2)12-15-13-22-19-16(14(3)4)8-7-9-17(19)18(15)20/h7-9,14-15,18H,5-6,10-13,20H2,1-4H3. The van der Waals surface area contributed by atoms with Gasteiger partial charge in [0, 0.05) is 24.1 Å². The molecule has 0 amide bonds. The fourth-order valence-corrected chi connectivity index (χ4v) is 3.43. The van der Waals surface area contributed by atoms with Crippen molar-refractivity contribution in [1.82, 2.24) is 4.90 Å². The Morgan fingerprint density at radius 3 is 2.50 bits per heavy atom. The number of ether oxygens (including phenoxy) is 1. The first-order valence-electron chi connectivity index (χ1n) is 8.81. The Balaban J connectivity index is 2.14. The molecular weight excluding hydrogens is 272 g/mol. The van der Waals surface area contributed by atoms with Crippen LogP contribution in [-0.4, -0.2) is 31.1 Å². The van der Waals surface area contributed by atoms with Gasteiger partial charge in [-0.05, 0) is 37.4 Å². The molecule has 1 aromatic carbocycles. The SMILES string of the molecule is CCCN(CCC)CC1COc2c(C(C)C)cccc2C1N. The first kappa shape index (κ1) is 17.3. The number of hydrogen-bond acceptors (Lipinski definition) is 3. The van der Waals surface area contributed by atoms with E-state index in [1.165, 1.54) is 24.0 Å². The van der Waals surface area contributed by atoms with Crippen molar-refractivity contribution < 1.29 is 4.74 Å². The van der Waals surface area contributed by atoms with Crippen molar-refractivity contribution in [1.29, 1.82) is 0 Å². The van der Waals surface area contributed by atoms with Gasteiger partial charge in [-0.3, -0.25) is 0 Å². The first-order chi connectivity index (χ1) is 10.6. The van der Waals surface area contributed by atoms with Crippen LogP contribution in [0.15, 0.2) is 18.2 Å². The van der Waals surface area contributed by atoms with Crippen molar-refractivity contribution in [3.8, 4) is 5.75 Å². The van der Waals surface area contributed by atoms with E-state index in [1.54, 1.807) is 0 Å². The molecule has 0 fully saturated rings. The van der Waals surface area contributed by atoms with E-state index in [-0.39, 0.29) is 6.04 Å². The topological polar surface area (TPSA) is 38.5 Å². The molecule has 2 unspecified atom stereocenters. The van der Waals surface area contributed by atoms with Gasteiger partial charge < -0.3 is 15.4 Å². The lowest BCUT2D eigenvalue weighted by Crippen LogP contribution is -2.41. The Labute approximate surface area is 135 Å². The molecule has 0 saturated carbocycles. The van der Waals surface area contributed by atoms with E-state index in [4.69, 9.17) is 10.5 Å². The van der Waals surface area contributed by atoms with Crippen LogP contribution in [0.3, 0.4) is 0 Å². The Morgan fingerprint density at radius 1 is 1.23 bits per heavy atom. The van der Waals surface area contributed by atoms with E-state index in [0.29, 0.717) is 11.8 Å². The summed E-state index contributed by atoms with van der Waals surface area (Å²) < 4.78 is 6.15. The molecule has 22 heavy (non-hydrogen) atoms. The van der Waals surface area contributed by atoms with E-state index in [2.05, 4.69) is 50.8 Å². The predicted molar refractivity (Wildman–Crippen MR) is 93.5 cm³/mol. The monoisotopic (exact) mass is 304 g/mol. The molecule has 0 bridgehead atoms. The summed E-state index contributed by atoms with van der Waals surface area (Å²) in [5, 5.41) is 0. The molecule has 1 heterocycles. The lowest BCUT2D eigenvalue weighted by molar-refractivity contribution is 0.137. The lowest BCUT2D eigenvalue weighted by atomic mass is 9.87. The summed E-state index contributed by atoms with van der Waals surface area (Å²) in [5.41, 5.74) is 9.07. The van der Waals surface area contributed by atoms with Gasteiger partial charge in [0.25, 0.3) is 0 Å². The van der Waals surface area contributed by atoms with Crippen LogP contribution in [0.25, 0.3) is 0 Å². The van der Waals surface area contributed by atoms with Gasteiger partial charge in [0.2, 0.25) is 0 Å². The van der Waals surface area contributed by atoms with E-state index >= 15 is 0 Å². The first-order valence-corrected chi connectivity index (χ1v) is 8.81. The fraction of sp³-hybridized carbons (Fsp3) is 0.684. The third-order valence-corrected chi connectivity index (χ3v) is 4.58. The van der Waals surface area contributed by atoms with Gasteiger partial charge in [0.1, 0.15) is 5.75 Å². The van der Waals surface area contributed by atoms with Crippen LogP contribution in [-0.2, 0) is 0 Å². The summed E-state index contributed by atoms with van der Waals surface area (Å²) in [4.78, 5) is 2.53. The molecule has 1 aliphatic rings. The highest BCUT2D eigenvalue weighted by Gasteiger charge is 2.31. The average Bonchev–Trinajstić information content (AvgIpc) is 2.50. The number of fused-ring (bicyclic) bond motifs is 1. The minimum atomic E-state index is 0.0821. The summed E-state index contributed by atoms with van der Waals surface area (Å²) in [7, 11) is 0. The highest BCUT2D eigenvalue weighted by atomic mass is 16.5. The summed E-state index contributed by atoms with van der Waals surface area (Å²) in [5.74, 6) is 1.89. The van der Waals surface area contributed by atoms with E-state index in [1.807, 2.05) is 0 Å². The molecule has 0 aliphatic carbocycles. The minimum absolute atomic E-state index is 0.0821. The van der Waals surface area contributed by atoms with Gasteiger partial charge in [-0.25, -0.2) is 0 Å². The number of hydrogen-bond donors (Lipinski definition) is 1. The van der Waals surface area contributed by atoms with Crippen molar-refractivity contribution in [3.63, 3.8) is 0 Å². The highest BCUT2D eigenvalue weighted by Crippen LogP contribution is 2.39. The number of nitrogens with two attached hydrogens (primary N) is 1. The molecule has 1 aromatic rings. The molecule has 0 saturated heterocycles. The fourth-order valence-electron chi connectivity index (χ4n) is 3.43. The summed E-state index contributed by atoms with van der Waals surface area (Å²) in [6.45, 7) is 13.0. The molecule has 0 radical (unpaired) electrons. The molecule has 2 N–H and O–H groups in total. The molecule has 124 valence electrons. The molecule has 0 aromatic heterocycles. The van der Waals surface area contributed by atoms with Crippen LogP contribution >= 0.6 is 0 Å². The van der Waals surface area contributed by atoms with Crippen LogP contribution in [0.4, 0.5) is 0 Å². The molecule has 2 atom stereocenters. The maximum absolute atomic E-state index is 6.59. The van der Waals surface area contributed by atoms with Crippen LogP contribution < -0.4 is 10.5 Å². The van der Waals surface area contributed by atoms with Crippen LogP contribution in [0, 0.1) is 5.92 Å². The third kappa shape index (κ3) is 3.82. The van der Waals surface area contributed by atoms with Gasteiger partial charge in [-0.15, -0.1) is 0 Å². The van der Waals surface area contributed by atoms with Crippen molar-refractivity contribution in [2.75, 3.05) is 26.2 Å². The Bertz CT molecular complexity index is 467. The quantitative estimate of drug-likeness (QED) is 0.829. The van der Waals surface area contributed by atoms with Crippen molar-refractivity contribution in [2.45, 2.75) is 52.5 Å². The summed E-state index contributed by atoms with van der Waals surface area (Å²) >= 11 is 0. The van der Waals surface area contributed by atoms with Crippen molar-refractivity contribution in [2.24, 2.45) is 11.7 Å². The van der Waals surface area contributed by atoms with Gasteiger partial charge in [0.15, 0.2) is 0 Å². The highest BCUT2D eigenvalue weighted by molar-refractivity contribution is 5.46. The maximum atomic E-state index is 6.59. The van der Waals surface area contributed by atoms with Gasteiger partial charge in [-0.1, -0.05) is 45.9 Å². The van der Waals surface area contributed by atoms with E-state index in [0.717, 1.165) is 32.0 Å². The van der Waals surface area contributed by atoms with E-state index < -0.39 is 0 Å². The molecule has 3 nitrogen and oxygen atoms in total. The Kier molecular flexibility index (Phi) is 6.27. The summed E-state index contributed by atoms with van der Waals surface area (Å²) in [6.07, 6.45) is 2.38. The van der Waals surface area contributed by atoms with Crippen LogP contribution in [0.5, 0.6) is 5.75 Å². The lowest BCUT2D eigenvalue weighted by Gasteiger charge is -2.36.